The largest absolute Gasteiger partial charge is 0.298 e. The standard InChI is InChI=1S/C13H17FN2/c1-10(2)7-13(8-15)16-9-11-3-5-12(14)6-4-11/h3-6,10,13,16H,7,9H2,1-2H3. The Bertz CT molecular complexity index is 351. The number of nitrogens with zero attached hydrogens (tertiary/aromatic N) is 1. The topological polar surface area (TPSA) is 35.8 Å². The smallest absolute Gasteiger partial charge is 0.123 e. The summed E-state index contributed by atoms with van der Waals surface area (Å²) in [4.78, 5) is 0. The Morgan fingerprint density at radius 2 is 1.94 bits per heavy atom. The van der Waals surface area contributed by atoms with Gasteiger partial charge in [-0.1, -0.05) is 26.0 Å². The number of hydrogen-bond donors (Lipinski definition) is 1. The van der Waals surface area contributed by atoms with Crippen molar-refractivity contribution < 1.29 is 4.39 Å². The molecule has 3 heteroatoms. The Balaban J connectivity index is 2.44. The molecule has 0 aliphatic rings. The second kappa shape index (κ2) is 6.24. The van der Waals surface area contributed by atoms with E-state index in [1.165, 1.54) is 12.1 Å². The second-order valence-corrected chi connectivity index (χ2v) is 4.32. The quantitative estimate of drug-likeness (QED) is 0.828. The number of halogens is 1. The van der Waals surface area contributed by atoms with Gasteiger partial charge in [-0.2, -0.15) is 5.26 Å². The minimum Gasteiger partial charge on any atom is -0.298 e. The fourth-order valence-electron chi connectivity index (χ4n) is 1.50. The van der Waals surface area contributed by atoms with Gasteiger partial charge in [-0.15, -0.1) is 0 Å². The SMILES string of the molecule is CC(C)CC(C#N)NCc1ccc(F)cc1. The first-order valence-electron chi connectivity index (χ1n) is 5.49. The van der Waals surface area contributed by atoms with E-state index in [1.807, 2.05) is 0 Å². The van der Waals surface area contributed by atoms with Crippen LogP contribution in [-0.4, -0.2) is 6.04 Å². The van der Waals surface area contributed by atoms with E-state index in [0.717, 1.165) is 12.0 Å². The molecule has 0 aromatic heterocycles. The average Bonchev–Trinajstić information content (AvgIpc) is 2.26. The molecule has 86 valence electrons. The number of benzene rings is 1. The summed E-state index contributed by atoms with van der Waals surface area (Å²) >= 11 is 0. The van der Waals surface area contributed by atoms with Gasteiger partial charge in [0, 0.05) is 6.54 Å². The molecule has 1 aromatic carbocycles. The van der Waals surface area contributed by atoms with E-state index in [2.05, 4.69) is 25.2 Å². The molecule has 0 heterocycles. The highest BCUT2D eigenvalue weighted by atomic mass is 19.1. The molecule has 1 aromatic rings. The Labute approximate surface area is 96.1 Å². The first-order chi connectivity index (χ1) is 7.61. The number of rotatable bonds is 5. The van der Waals surface area contributed by atoms with E-state index in [0.29, 0.717) is 12.5 Å². The number of nitriles is 1. The zero-order chi connectivity index (χ0) is 12.0. The normalized spacial score (nSPS) is 12.4. The summed E-state index contributed by atoms with van der Waals surface area (Å²) in [5.74, 6) is 0.258. The Kier molecular flexibility index (Phi) is 4.94. The monoisotopic (exact) mass is 220 g/mol. The first-order valence-corrected chi connectivity index (χ1v) is 5.49. The van der Waals surface area contributed by atoms with Gasteiger partial charge >= 0.3 is 0 Å². The highest BCUT2D eigenvalue weighted by Crippen LogP contribution is 2.06. The molecule has 0 spiro atoms. The molecule has 0 saturated heterocycles. The molecule has 0 radical (unpaired) electrons. The van der Waals surface area contributed by atoms with Gasteiger partial charge < -0.3 is 0 Å². The molecule has 1 N–H and O–H groups in total. The van der Waals surface area contributed by atoms with Gasteiger partial charge in [0.25, 0.3) is 0 Å². The van der Waals surface area contributed by atoms with E-state index in [-0.39, 0.29) is 11.9 Å². The molecule has 16 heavy (non-hydrogen) atoms. The Morgan fingerprint density at radius 1 is 1.31 bits per heavy atom. The molecular formula is C13H17FN2. The zero-order valence-corrected chi connectivity index (χ0v) is 9.70. The molecule has 2 nitrogen and oxygen atoms in total. The van der Waals surface area contributed by atoms with E-state index < -0.39 is 0 Å². The lowest BCUT2D eigenvalue weighted by atomic mass is 10.0. The fourth-order valence-corrected chi connectivity index (χ4v) is 1.50. The first kappa shape index (κ1) is 12.7. The summed E-state index contributed by atoms with van der Waals surface area (Å²) in [5.41, 5.74) is 0.991. The van der Waals surface area contributed by atoms with Gasteiger partial charge in [-0.05, 0) is 30.0 Å². The lowest BCUT2D eigenvalue weighted by molar-refractivity contribution is 0.478. The third kappa shape index (κ3) is 4.41. The maximum atomic E-state index is 12.7. The van der Waals surface area contributed by atoms with Crippen molar-refractivity contribution in [3.05, 3.63) is 35.6 Å². The van der Waals surface area contributed by atoms with Crippen molar-refractivity contribution in [1.82, 2.24) is 5.32 Å². The average molecular weight is 220 g/mol. The minimum absolute atomic E-state index is 0.134. The van der Waals surface area contributed by atoms with Crippen LogP contribution >= 0.6 is 0 Å². The lowest BCUT2D eigenvalue weighted by Crippen LogP contribution is -2.28. The van der Waals surface area contributed by atoms with Gasteiger partial charge in [0.1, 0.15) is 5.82 Å². The summed E-state index contributed by atoms with van der Waals surface area (Å²) in [6, 6.07) is 8.42. The molecule has 0 aliphatic heterocycles. The highest BCUT2D eigenvalue weighted by molar-refractivity contribution is 5.16. The molecule has 0 bridgehead atoms. The number of hydrogen-bond acceptors (Lipinski definition) is 2. The van der Waals surface area contributed by atoms with E-state index in [9.17, 15) is 4.39 Å². The second-order valence-electron chi connectivity index (χ2n) is 4.32. The molecule has 1 rings (SSSR count). The van der Waals surface area contributed by atoms with Gasteiger partial charge in [0.05, 0.1) is 12.1 Å². The summed E-state index contributed by atoms with van der Waals surface area (Å²) in [6.07, 6.45) is 0.831. The molecule has 1 unspecified atom stereocenters. The van der Waals surface area contributed by atoms with Crippen molar-refractivity contribution >= 4 is 0 Å². The fraction of sp³-hybridized carbons (Fsp3) is 0.462. The van der Waals surface area contributed by atoms with Crippen LogP contribution in [0.1, 0.15) is 25.8 Å². The maximum absolute atomic E-state index is 12.7. The molecule has 0 fully saturated rings. The maximum Gasteiger partial charge on any atom is 0.123 e. The summed E-state index contributed by atoms with van der Waals surface area (Å²) in [6.45, 7) is 4.78. The third-order valence-corrected chi connectivity index (χ3v) is 2.33. The number of nitrogens with one attached hydrogen (secondary N) is 1. The molecule has 1 atom stereocenters. The van der Waals surface area contributed by atoms with Crippen LogP contribution in [0.15, 0.2) is 24.3 Å². The van der Waals surface area contributed by atoms with Crippen LogP contribution in [-0.2, 0) is 6.54 Å². The zero-order valence-electron chi connectivity index (χ0n) is 9.70. The summed E-state index contributed by atoms with van der Waals surface area (Å²) < 4.78 is 12.7. The van der Waals surface area contributed by atoms with Crippen molar-refractivity contribution in [2.24, 2.45) is 5.92 Å². The predicted molar refractivity (Wildman–Crippen MR) is 62.1 cm³/mol. The van der Waals surface area contributed by atoms with Crippen molar-refractivity contribution in [2.75, 3.05) is 0 Å². The van der Waals surface area contributed by atoms with Gasteiger partial charge in [0.2, 0.25) is 0 Å². The highest BCUT2D eigenvalue weighted by Gasteiger charge is 2.08. The van der Waals surface area contributed by atoms with E-state index in [4.69, 9.17) is 5.26 Å². The van der Waals surface area contributed by atoms with Crippen LogP contribution in [0.2, 0.25) is 0 Å². The van der Waals surface area contributed by atoms with E-state index in [1.54, 1.807) is 12.1 Å². The van der Waals surface area contributed by atoms with Crippen LogP contribution in [0.4, 0.5) is 4.39 Å². The van der Waals surface area contributed by atoms with Crippen LogP contribution in [0, 0.1) is 23.1 Å². The summed E-state index contributed by atoms with van der Waals surface area (Å²) in [5, 5.41) is 12.1. The van der Waals surface area contributed by atoms with Crippen LogP contribution in [0.3, 0.4) is 0 Å². The van der Waals surface area contributed by atoms with Crippen LogP contribution < -0.4 is 5.32 Å². The van der Waals surface area contributed by atoms with Crippen molar-refractivity contribution in [3.8, 4) is 6.07 Å². The minimum atomic E-state index is -0.234. The Morgan fingerprint density at radius 3 is 2.44 bits per heavy atom. The third-order valence-electron chi connectivity index (χ3n) is 2.33. The van der Waals surface area contributed by atoms with E-state index >= 15 is 0 Å². The van der Waals surface area contributed by atoms with Crippen LogP contribution in [0.25, 0.3) is 0 Å². The lowest BCUT2D eigenvalue weighted by Gasteiger charge is -2.13. The summed E-state index contributed by atoms with van der Waals surface area (Å²) in [7, 11) is 0. The molecular weight excluding hydrogens is 203 g/mol. The molecule has 0 aliphatic carbocycles. The van der Waals surface area contributed by atoms with Gasteiger partial charge in [0.15, 0.2) is 0 Å². The Hall–Kier alpha value is -1.40. The van der Waals surface area contributed by atoms with Gasteiger partial charge in [-0.25, -0.2) is 4.39 Å². The predicted octanol–water partition coefficient (Wildman–Crippen LogP) is 2.85. The van der Waals surface area contributed by atoms with Crippen molar-refractivity contribution in [3.63, 3.8) is 0 Å². The van der Waals surface area contributed by atoms with Crippen LogP contribution in [0.5, 0.6) is 0 Å². The molecule has 0 amide bonds. The molecule has 0 saturated carbocycles. The van der Waals surface area contributed by atoms with Crippen molar-refractivity contribution in [2.45, 2.75) is 32.9 Å². The van der Waals surface area contributed by atoms with Crippen molar-refractivity contribution in [1.29, 1.82) is 5.26 Å². The van der Waals surface area contributed by atoms with Gasteiger partial charge in [-0.3, -0.25) is 5.32 Å².